The van der Waals surface area contributed by atoms with Gasteiger partial charge in [-0.2, -0.15) is 0 Å². The van der Waals surface area contributed by atoms with Crippen LogP contribution in [0.5, 0.6) is 11.5 Å². The van der Waals surface area contributed by atoms with Gasteiger partial charge in [-0.05, 0) is 50.6 Å². The first kappa shape index (κ1) is 13.0. The smallest absolute Gasteiger partial charge is 0.132 e. The second-order valence-electron chi connectivity index (χ2n) is 4.49. The van der Waals surface area contributed by atoms with E-state index in [2.05, 4.69) is 17.5 Å². The SMILES string of the molecule is COc1ccc(C2=CCCNCC2)c(OC)c1C. The fourth-order valence-electron chi connectivity index (χ4n) is 2.45. The van der Waals surface area contributed by atoms with Crippen LogP contribution in [0.25, 0.3) is 5.57 Å². The molecule has 0 radical (unpaired) electrons. The number of methoxy groups -OCH3 is 2. The van der Waals surface area contributed by atoms with Crippen molar-refractivity contribution in [1.29, 1.82) is 0 Å². The molecule has 0 fully saturated rings. The fraction of sp³-hybridized carbons (Fsp3) is 0.467. The van der Waals surface area contributed by atoms with Crippen molar-refractivity contribution in [3.63, 3.8) is 0 Å². The monoisotopic (exact) mass is 247 g/mol. The molecule has 0 unspecified atom stereocenters. The average molecular weight is 247 g/mol. The van der Waals surface area contributed by atoms with E-state index >= 15 is 0 Å². The summed E-state index contributed by atoms with van der Waals surface area (Å²) < 4.78 is 10.9. The van der Waals surface area contributed by atoms with Gasteiger partial charge in [0, 0.05) is 11.1 Å². The summed E-state index contributed by atoms with van der Waals surface area (Å²) in [5.74, 6) is 1.81. The number of ether oxygens (including phenoxy) is 2. The third-order valence-electron chi connectivity index (χ3n) is 3.41. The van der Waals surface area contributed by atoms with Gasteiger partial charge >= 0.3 is 0 Å². The molecular weight excluding hydrogens is 226 g/mol. The summed E-state index contributed by atoms with van der Waals surface area (Å²) in [5, 5.41) is 3.40. The molecule has 0 spiro atoms. The van der Waals surface area contributed by atoms with Crippen molar-refractivity contribution in [2.24, 2.45) is 0 Å². The molecule has 3 nitrogen and oxygen atoms in total. The van der Waals surface area contributed by atoms with Gasteiger partial charge in [-0.1, -0.05) is 6.08 Å². The lowest BCUT2D eigenvalue weighted by Gasteiger charge is -2.16. The maximum absolute atomic E-state index is 5.57. The van der Waals surface area contributed by atoms with Gasteiger partial charge in [-0.15, -0.1) is 0 Å². The van der Waals surface area contributed by atoms with E-state index in [1.165, 1.54) is 11.1 Å². The minimum absolute atomic E-state index is 0.878. The van der Waals surface area contributed by atoms with Gasteiger partial charge in [-0.3, -0.25) is 0 Å². The van der Waals surface area contributed by atoms with Crippen LogP contribution >= 0.6 is 0 Å². The lowest BCUT2D eigenvalue weighted by atomic mass is 9.98. The number of nitrogens with one attached hydrogen (secondary N) is 1. The van der Waals surface area contributed by atoms with Crippen molar-refractivity contribution >= 4 is 5.57 Å². The summed E-state index contributed by atoms with van der Waals surface area (Å²) in [4.78, 5) is 0. The number of hydrogen-bond donors (Lipinski definition) is 1. The molecular formula is C15H21NO2. The summed E-state index contributed by atoms with van der Waals surface area (Å²) in [6.07, 6.45) is 4.43. The molecule has 2 rings (SSSR count). The van der Waals surface area contributed by atoms with Gasteiger partial charge in [0.2, 0.25) is 0 Å². The van der Waals surface area contributed by atoms with E-state index < -0.39 is 0 Å². The Hall–Kier alpha value is -1.48. The lowest BCUT2D eigenvalue weighted by Crippen LogP contribution is -2.13. The van der Waals surface area contributed by atoms with Crippen molar-refractivity contribution in [1.82, 2.24) is 5.32 Å². The van der Waals surface area contributed by atoms with E-state index in [0.29, 0.717) is 0 Å². The van der Waals surface area contributed by atoms with E-state index in [4.69, 9.17) is 9.47 Å². The molecule has 0 saturated carbocycles. The number of benzene rings is 1. The topological polar surface area (TPSA) is 30.5 Å². The van der Waals surface area contributed by atoms with Crippen LogP contribution in [0.15, 0.2) is 18.2 Å². The number of rotatable bonds is 3. The van der Waals surface area contributed by atoms with E-state index in [1.807, 2.05) is 13.0 Å². The minimum Gasteiger partial charge on any atom is -0.496 e. The molecule has 0 amide bonds. The Kier molecular flexibility index (Phi) is 4.26. The van der Waals surface area contributed by atoms with Gasteiger partial charge in [0.25, 0.3) is 0 Å². The first-order valence-electron chi connectivity index (χ1n) is 6.39. The molecule has 1 aliphatic heterocycles. The van der Waals surface area contributed by atoms with Crippen LogP contribution in [0.4, 0.5) is 0 Å². The van der Waals surface area contributed by atoms with Gasteiger partial charge in [-0.25, -0.2) is 0 Å². The third-order valence-corrected chi connectivity index (χ3v) is 3.41. The zero-order chi connectivity index (χ0) is 13.0. The standard InChI is InChI=1S/C15H21NO2/c1-11-14(17-2)7-6-13(15(11)18-3)12-5-4-9-16-10-8-12/h5-7,16H,4,8-10H2,1-3H3. The van der Waals surface area contributed by atoms with Crippen LogP contribution in [0.3, 0.4) is 0 Å². The molecule has 1 heterocycles. The molecule has 0 atom stereocenters. The molecule has 1 N–H and O–H groups in total. The molecule has 0 saturated heterocycles. The molecule has 18 heavy (non-hydrogen) atoms. The van der Waals surface area contributed by atoms with Crippen LogP contribution in [0.2, 0.25) is 0 Å². The van der Waals surface area contributed by atoms with Crippen molar-refractivity contribution in [2.75, 3.05) is 27.3 Å². The van der Waals surface area contributed by atoms with Gasteiger partial charge in [0.15, 0.2) is 0 Å². The van der Waals surface area contributed by atoms with Gasteiger partial charge < -0.3 is 14.8 Å². The van der Waals surface area contributed by atoms with E-state index in [1.54, 1.807) is 14.2 Å². The van der Waals surface area contributed by atoms with E-state index in [-0.39, 0.29) is 0 Å². The molecule has 1 aliphatic rings. The molecule has 3 heteroatoms. The molecule has 1 aromatic rings. The molecule has 98 valence electrons. The van der Waals surface area contributed by atoms with Crippen molar-refractivity contribution in [3.8, 4) is 11.5 Å². The predicted octanol–water partition coefficient (Wildman–Crippen LogP) is 2.78. The third kappa shape index (κ3) is 2.51. The maximum Gasteiger partial charge on any atom is 0.132 e. The normalized spacial score (nSPS) is 15.8. The second kappa shape index (κ2) is 5.91. The largest absolute Gasteiger partial charge is 0.496 e. The highest BCUT2D eigenvalue weighted by atomic mass is 16.5. The second-order valence-corrected chi connectivity index (χ2v) is 4.49. The van der Waals surface area contributed by atoms with E-state index in [0.717, 1.165) is 43.0 Å². The Labute approximate surface area is 109 Å². The van der Waals surface area contributed by atoms with Crippen LogP contribution in [0.1, 0.15) is 24.0 Å². The Bertz CT molecular complexity index is 452. The van der Waals surface area contributed by atoms with Gasteiger partial charge in [0.05, 0.1) is 14.2 Å². The fourth-order valence-corrected chi connectivity index (χ4v) is 2.45. The highest BCUT2D eigenvalue weighted by Gasteiger charge is 2.15. The predicted molar refractivity (Wildman–Crippen MR) is 74.4 cm³/mol. The molecule has 0 aliphatic carbocycles. The summed E-state index contributed by atoms with van der Waals surface area (Å²) in [5.41, 5.74) is 3.62. The van der Waals surface area contributed by atoms with Crippen LogP contribution in [0, 0.1) is 6.92 Å². The Morgan fingerprint density at radius 3 is 2.67 bits per heavy atom. The molecule has 0 bridgehead atoms. The first-order valence-corrected chi connectivity index (χ1v) is 6.39. The zero-order valence-electron chi connectivity index (χ0n) is 11.4. The highest BCUT2D eigenvalue weighted by Crippen LogP contribution is 2.36. The number of hydrogen-bond acceptors (Lipinski definition) is 3. The first-order chi connectivity index (χ1) is 8.77. The Morgan fingerprint density at radius 2 is 1.94 bits per heavy atom. The summed E-state index contributed by atoms with van der Waals surface area (Å²) >= 11 is 0. The molecule has 0 aromatic heterocycles. The summed E-state index contributed by atoms with van der Waals surface area (Å²) in [7, 11) is 3.41. The minimum atomic E-state index is 0.878. The Morgan fingerprint density at radius 1 is 1.11 bits per heavy atom. The van der Waals surface area contributed by atoms with Crippen molar-refractivity contribution < 1.29 is 9.47 Å². The van der Waals surface area contributed by atoms with Gasteiger partial charge in [0.1, 0.15) is 11.5 Å². The summed E-state index contributed by atoms with van der Waals surface area (Å²) in [6.45, 7) is 4.12. The van der Waals surface area contributed by atoms with Crippen LogP contribution in [-0.2, 0) is 0 Å². The lowest BCUT2D eigenvalue weighted by molar-refractivity contribution is 0.388. The highest BCUT2D eigenvalue weighted by molar-refractivity contribution is 5.73. The van der Waals surface area contributed by atoms with E-state index in [9.17, 15) is 0 Å². The van der Waals surface area contributed by atoms with Crippen LogP contribution < -0.4 is 14.8 Å². The van der Waals surface area contributed by atoms with Crippen molar-refractivity contribution in [2.45, 2.75) is 19.8 Å². The zero-order valence-corrected chi connectivity index (χ0v) is 11.4. The quantitative estimate of drug-likeness (QED) is 0.891. The van der Waals surface area contributed by atoms with Crippen molar-refractivity contribution in [3.05, 3.63) is 29.3 Å². The molecule has 1 aromatic carbocycles. The maximum atomic E-state index is 5.57. The average Bonchev–Trinajstić information content (AvgIpc) is 2.67. The summed E-state index contributed by atoms with van der Waals surface area (Å²) in [6, 6.07) is 4.12. The van der Waals surface area contributed by atoms with Crippen LogP contribution in [-0.4, -0.2) is 27.3 Å². The Balaban J connectivity index is 2.43.